The molecule has 0 amide bonds. The van der Waals surface area contributed by atoms with Crippen LogP contribution in [0.25, 0.3) is 0 Å². The van der Waals surface area contributed by atoms with Gasteiger partial charge in [0.25, 0.3) is 12.1 Å². The molecule has 0 atom stereocenters. The second-order valence-corrected chi connectivity index (χ2v) is 3.86. The van der Waals surface area contributed by atoms with Crippen LogP contribution in [0.5, 0.6) is 0 Å². The summed E-state index contributed by atoms with van der Waals surface area (Å²) in [4.78, 5) is 24.2. The molecular weight excluding hydrogens is 318 g/mol. The van der Waals surface area contributed by atoms with Crippen molar-refractivity contribution >= 4 is 27.7 Å². The minimum atomic E-state index is -3.08. The summed E-state index contributed by atoms with van der Waals surface area (Å²) >= 11 is 2.75. The second kappa shape index (κ2) is 5.80. The number of rotatable bonds is 4. The molecule has 0 aliphatic heterocycles. The van der Waals surface area contributed by atoms with E-state index in [1.165, 1.54) is 6.92 Å². The van der Waals surface area contributed by atoms with Crippen LogP contribution in [0.3, 0.4) is 0 Å². The van der Waals surface area contributed by atoms with Crippen molar-refractivity contribution in [2.75, 3.05) is 6.61 Å². The molecule has 6 nitrogen and oxygen atoms in total. The van der Waals surface area contributed by atoms with Crippen molar-refractivity contribution in [3.8, 4) is 0 Å². The van der Waals surface area contributed by atoms with Crippen molar-refractivity contribution < 1.29 is 23.2 Å². The highest BCUT2D eigenvalue weighted by molar-refractivity contribution is 9.10. The Hall–Kier alpha value is -1.64. The highest BCUT2D eigenvalue weighted by Crippen LogP contribution is 2.34. The van der Waals surface area contributed by atoms with E-state index in [4.69, 9.17) is 0 Å². The Morgan fingerprint density at radius 2 is 2.28 bits per heavy atom. The molecule has 1 aromatic rings. The van der Waals surface area contributed by atoms with E-state index in [2.05, 4.69) is 25.7 Å². The Balaban J connectivity index is 3.36. The molecule has 0 aromatic carbocycles. The summed E-state index contributed by atoms with van der Waals surface area (Å²) in [6.07, 6.45) is -3.08. The molecular formula is C9H7BrF2N2O4. The van der Waals surface area contributed by atoms with Crippen molar-refractivity contribution in [1.29, 1.82) is 0 Å². The third kappa shape index (κ3) is 2.97. The lowest BCUT2D eigenvalue weighted by atomic mass is 10.2. The molecule has 1 aromatic heterocycles. The van der Waals surface area contributed by atoms with Crippen LogP contribution in [0.2, 0.25) is 0 Å². The molecule has 0 unspecified atom stereocenters. The van der Waals surface area contributed by atoms with E-state index in [1.54, 1.807) is 0 Å². The average molecular weight is 325 g/mol. The molecule has 0 spiro atoms. The summed E-state index contributed by atoms with van der Waals surface area (Å²) in [6.45, 7) is 1.58. The van der Waals surface area contributed by atoms with Crippen LogP contribution < -0.4 is 0 Å². The summed E-state index contributed by atoms with van der Waals surface area (Å²) in [6, 6.07) is 0.965. The standard InChI is InChI=1S/C9H7BrF2N2O4/c1-2-18-9(15)5-3-4(10)6(7(11)12)8(13-5)14(16)17/h3,7H,2H2,1H3. The van der Waals surface area contributed by atoms with Gasteiger partial charge in [0.2, 0.25) is 0 Å². The van der Waals surface area contributed by atoms with Gasteiger partial charge in [-0.25, -0.2) is 13.6 Å². The normalized spacial score (nSPS) is 10.5. The van der Waals surface area contributed by atoms with Crippen molar-refractivity contribution in [3.05, 3.63) is 31.9 Å². The van der Waals surface area contributed by atoms with Gasteiger partial charge >= 0.3 is 11.8 Å². The number of carbonyl (C=O) groups is 1. The van der Waals surface area contributed by atoms with Crippen molar-refractivity contribution in [2.45, 2.75) is 13.3 Å². The van der Waals surface area contributed by atoms with Gasteiger partial charge in [0.1, 0.15) is 5.56 Å². The Morgan fingerprint density at radius 1 is 1.67 bits per heavy atom. The highest BCUT2D eigenvalue weighted by atomic mass is 79.9. The molecule has 0 fully saturated rings. The van der Waals surface area contributed by atoms with E-state index in [1.807, 2.05) is 0 Å². The number of pyridine rings is 1. The smallest absolute Gasteiger partial charge is 0.383 e. The maximum Gasteiger partial charge on any atom is 0.383 e. The van der Waals surface area contributed by atoms with Crippen molar-refractivity contribution in [1.82, 2.24) is 4.98 Å². The molecule has 98 valence electrons. The zero-order valence-corrected chi connectivity index (χ0v) is 10.6. The van der Waals surface area contributed by atoms with Crippen LogP contribution in [0.15, 0.2) is 10.5 Å². The van der Waals surface area contributed by atoms with Crippen molar-refractivity contribution in [3.63, 3.8) is 0 Å². The van der Waals surface area contributed by atoms with Crippen LogP contribution in [0, 0.1) is 10.1 Å². The Morgan fingerprint density at radius 3 is 2.72 bits per heavy atom. The minimum absolute atomic E-state index is 0.0442. The van der Waals surface area contributed by atoms with E-state index < -0.39 is 34.4 Å². The molecule has 0 N–H and O–H groups in total. The molecule has 18 heavy (non-hydrogen) atoms. The van der Waals surface area contributed by atoms with Gasteiger partial charge in [-0.05, 0) is 32.8 Å². The maximum atomic E-state index is 12.6. The van der Waals surface area contributed by atoms with Crippen LogP contribution >= 0.6 is 15.9 Å². The van der Waals surface area contributed by atoms with Gasteiger partial charge in [0, 0.05) is 10.5 Å². The molecule has 0 aliphatic carbocycles. The zero-order chi connectivity index (χ0) is 13.9. The summed E-state index contributed by atoms with van der Waals surface area (Å²) in [7, 11) is 0. The second-order valence-electron chi connectivity index (χ2n) is 3.00. The molecule has 0 bridgehead atoms. The number of hydrogen-bond donors (Lipinski definition) is 0. The number of aromatic nitrogens is 1. The van der Waals surface area contributed by atoms with Gasteiger partial charge in [0.05, 0.1) is 6.61 Å². The summed E-state index contributed by atoms with van der Waals surface area (Å²) in [5, 5.41) is 10.6. The fourth-order valence-electron chi connectivity index (χ4n) is 1.16. The number of ether oxygens (including phenoxy) is 1. The first-order chi connectivity index (χ1) is 8.38. The lowest BCUT2D eigenvalue weighted by Gasteiger charge is -2.05. The zero-order valence-electron chi connectivity index (χ0n) is 9.02. The van der Waals surface area contributed by atoms with Gasteiger partial charge in [-0.15, -0.1) is 0 Å². The van der Waals surface area contributed by atoms with Crippen LogP contribution in [-0.4, -0.2) is 22.5 Å². The summed E-state index contributed by atoms with van der Waals surface area (Å²) in [5.74, 6) is -1.98. The fourth-order valence-corrected chi connectivity index (χ4v) is 1.73. The van der Waals surface area contributed by atoms with Crippen molar-refractivity contribution in [2.24, 2.45) is 0 Å². The SMILES string of the molecule is CCOC(=O)c1cc(Br)c(C(F)F)c([N+](=O)[O-])n1. The quantitative estimate of drug-likeness (QED) is 0.483. The van der Waals surface area contributed by atoms with E-state index in [0.717, 1.165) is 6.07 Å². The van der Waals surface area contributed by atoms with E-state index in [9.17, 15) is 23.7 Å². The lowest BCUT2D eigenvalue weighted by molar-refractivity contribution is -0.391. The highest BCUT2D eigenvalue weighted by Gasteiger charge is 2.30. The predicted molar refractivity (Wildman–Crippen MR) is 59.5 cm³/mol. The van der Waals surface area contributed by atoms with Gasteiger partial charge in [0.15, 0.2) is 0 Å². The summed E-state index contributed by atoms with van der Waals surface area (Å²) < 4.78 is 29.6. The molecule has 0 radical (unpaired) electrons. The Kier molecular flexibility index (Phi) is 4.65. The fraction of sp³-hybridized carbons (Fsp3) is 0.333. The Bertz CT molecular complexity index is 496. The van der Waals surface area contributed by atoms with E-state index in [0.29, 0.717) is 0 Å². The predicted octanol–water partition coefficient (Wildman–Crippen LogP) is 2.87. The number of nitro groups is 1. The molecule has 0 saturated carbocycles. The van der Waals surface area contributed by atoms with E-state index in [-0.39, 0.29) is 11.1 Å². The third-order valence-corrected chi connectivity index (χ3v) is 2.52. The number of hydrogen-bond acceptors (Lipinski definition) is 5. The largest absolute Gasteiger partial charge is 0.460 e. The first-order valence-corrected chi connectivity index (χ1v) is 5.47. The van der Waals surface area contributed by atoms with Gasteiger partial charge < -0.3 is 14.9 Å². The van der Waals surface area contributed by atoms with Crippen LogP contribution in [0.4, 0.5) is 14.6 Å². The minimum Gasteiger partial charge on any atom is -0.460 e. The number of nitrogens with zero attached hydrogens (tertiary/aromatic N) is 2. The summed E-state index contributed by atoms with van der Waals surface area (Å²) in [5.41, 5.74) is -1.27. The van der Waals surface area contributed by atoms with Gasteiger partial charge in [-0.3, -0.25) is 0 Å². The number of esters is 1. The molecule has 1 heterocycles. The monoisotopic (exact) mass is 324 g/mol. The lowest BCUT2D eigenvalue weighted by Crippen LogP contribution is -2.10. The average Bonchev–Trinajstić information content (AvgIpc) is 2.27. The van der Waals surface area contributed by atoms with Gasteiger partial charge in [-0.1, -0.05) is 0 Å². The number of alkyl halides is 2. The Labute approximate surface area is 108 Å². The topological polar surface area (TPSA) is 82.3 Å². The van der Waals surface area contributed by atoms with Gasteiger partial charge in [-0.2, -0.15) is 0 Å². The molecule has 9 heteroatoms. The van der Waals surface area contributed by atoms with Crippen LogP contribution in [0.1, 0.15) is 29.4 Å². The van der Waals surface area contributed by atoms with Crippen LogP contribution in [-0.2, 0) is 4.74 Å². The number of halogens is 3. The van der Waals surface area contributed by atoms with E-state index >= 15 is 0 Å². The first-order valence-electron chi connectivity index (χ1n) is 4.68. The third-order valence-electron chi connectivity index (χ3n) is 1.86. The first kappa shape index (κ1) is 14.4. The molecule has 0 saturated heterocycles. The molecule has 1 rings (SSSR count). The number of carbonyl (C=O) groups excluding carboxylic acids is 1. The maximum absolute atomic E-state index is 12.6. The molecule has 0 aliphatic rings.